The lowest BCUT2D eigenvalue weighted by Gasteiger charge is -2.26. The van der Waals surface area contributed by atoms with Gasteiger partial charge in [-0.05, 0) is 102 Å². The van der Waals surface area contributed by atoms with E-state index in [1.807, 2.05) is 11.3 Å². The molecule has 0 spiro atoms. The highest BCUT2D eigenvalue weighted by Gasteiger charge is 2.20. The molecule has 3 aromatic heterocycles. The van der Waals surface area contributed by atoms with E-state index in [0.717, 1.165) is 28.4 Å². The van der Waals surface area contributed by atoms with E-state index < -0.39 is 0 Å². The maximum absolute atomic E-state index is 2.43. The van der Waals surface area contributed by atoms with Gasteiger partial charge in [0.25, 0.3) is 0 Å². The van der Waals surface area contributed by atoms with E-state index in [9.17, 15) is 0 Å². The summed E-state index contributed by atoms with van der Waals surface area (Å²) in [6.07, 6.45) is 0. The molecular weight excluding hydrogens is 699 g/mol. The van der Waals surface area contributed by atoms with Crippen molar-refractivity contribution in [2.45, 2.75) is 0 Å². The Morgan fingerprint density at radius 3 is 1.75 bits per heavy atom. The zero-order valence-corrected chi connectivity index (χ0v) is 31.1. The Hall–Kier alpha value is -7.14. The van der Waals surface area contributed by atoms with Crippen molar-refractivity contribution in [1.29, 1.82) is 0 Å². The highest BCUT2D eigenvalue weighted by molar-refractivity contribution is 7.26. The summed E-state index contributed by atoms with van der Waals surface area (Å²) in [7, 11) is 0. The summed E-state index contributed by atoms with van der Waals surface area (Å²) in [5.74, 6) is 0. The first kappa shape index (κ1) is 31.2. The van der Waals surface area contributed by atoms with Crippen molar-refractivity contribution in [1.82, 2.24) is 9.13 Å². The molecule has 0 atom stereocenters. The van der Waals surface area contributed by atoms with Crippen LogP contribution >= 0.6 is 11.3 Å². The normalized spacial score (nSPS) is 11.9. The van der Waals surface area contributed by atoms with Crippen molar-refractivity contribution in [2.24, 2.45) is 0 Å². The average molecular weight is 732 g/mol. The molecule has 262 valence electrons. The van der Waals surface area contributed by atoms with Gasteiger partial charge in [0.1, 0.15) is 0 Å². The van der Waals surface area contributed by atoms with Crippen molar-refractivity contribution in [3.8, 4) is 11.4 Å². The summed E-state index contributed by atoms with van der Waals surface area (Å²) in [6, 6.07) is 73.1. The summed E-state index contributed by atoms with van der Waals surface area (Å²) >= 11 is 1.90. The van der Waals surface area contributed by atoms with Crippen molar-refractivity contribution in [3.63, 3.8) is 0 Å². The van der Waals surface area contributed by atoms with Gasteiger partial charge in [-0.1, -0.05) is 109 Å². The number of fused-ring (bicyclic) bond motifs is 11. The maximum atomic E-state index is 2.43. The SMILES string of the molecule is c1ccc(-n2c3ccccc3c3cc(N(c4ccc(-n5c6ccccc6c6c7sc8ccccc8c7ccc65)cc4)c4ccc5ccccc5c4)ccc32)cc1. The lowest BCUT2D eigenvalue weighted by Crippen LogP contribution is -2.10. The first-order chi connectivity index (χ1) is 27.8. The molecular formula is C52H33N3S. The third kappa shape index (κ3) is 4.63. The Labute approximate surface area is 327 Å². The topological polar surface area (TPSA) is 13.1 Å². The number of para-hydroxylation sites is 3. The standard InChI is InChI=1S/C52H33N3S/c1-2-14-36(15-3-1)54-46-19-9-6-16-41(46)45-33-40(28-30-48(45)54)53(39-23-22-34-12-4-5-13-35(34)32-39)37-24-26-38(27-25-37)55-47-20-10-7-18-44(47)51-49(55)31-29-43-42-17-8-11-21-50(42)56-52(43)51/h1-33H. The van der Waals surface area contributed by atoms with Crippen LogP contribution in [0.25, 0.3) is 85.9 Å². The van der Waals surface area contributed by atoms with Crippen LogP contribution in [0.15, 0.2) is 200 Å². The quantitative estimate of drug-likeness (QED) is 0.172. The predicted octanol–water partition coefficient (Wildman–Crippen LogP) is 14.9. The molecule has 4 heteroatoms. The molecule has 12 aromatic rings. The van der Waals surface area contributed by atoms with E-state index in [2.05, 4.69) is 214 Å². The lowest BCUT2D eigenvalue weighted by atomic mass is 10.1. The molecule has 0 saturated carbocycles. The van der Waals surface area contributed by atoms with Crippen LogP contribution in [-0.4, -0.2) is 9.13 Å². The third-order valence-electron chi connectivity index (χ3n) is 11.5. The minimum absolute atomic E-state index is 1.10. The zero-order chi connectivity index (χ0) is 36.7. The van der Waals surface area contributed by atoms with Gasteiger partial charge in [0, 0.05) is 70.2 Å². The molecule has 0 aliphatic heterocycles. The number of aromatic nitrogens is 2. The van der Waals surface area contributed by atoms with Gasteiger partial charge in [-0.2, -0.15) is 0 Å². The fraction of sp³-hybridized carbons (Fsp3) is 0. The van der Waals surface area contributed by atoms with E-state index in [4.69, 9.17) is 0 Å². The van der Waals surface area contributed by atoms with Gasteiger partial charge >= 0.3 is 0 Å². The minimum atomic E-state index is 1.10. The molecule has 56 heavy (non-hydrogen) atoms. The zero-order valence-electron chi connectivity index (χ0n) is 30.3. The van der Waals surface area contributed by atoms with Gasteiger partial charge in [0.15, 0.2) is 0 Å². The maximum Gasteiger partial charge on any atom is 0.0555 e. The molecule has 0 radical (unpaired) electrons. The summed E-state index contributed by atoms with van der Waals surface area (Å²) in [5, 5.41) is 10.2. The van der Waals surface area contributed by atoms with Crippen LogP contribution < -0.4 is 4.90 Å². The number of nitrogens with zero attached hydrogens (tertiary/aromatic N) is 3. The molecule has 3 nitrogen and oxygen atoms in total. The number of anilines is 3. The number of thiophene rings is 1. The highest BCUT2D eigenvalue weighted by atomic mass is 32.1. The monoisotopic (exact) mass is 731 g/mol. The van der Waals surface area contributed by atoms with E-state index in [0.29, 0.717) is 0 Å². The second-order valence-electron chi connectivity index (χ2n) is 14.6. The smallest absolute Gasteiger partial charge is 0.0555 e. The molecule has 0 amide bonds. The Morgan fingerprint density at radius 2 is 0.911 bits per heavy atom. The first-order valence-electron chi connectivity index (χ1n) is 19.1. The molecule has 0 aliphatic rings. The molecule has 0 bridgehead atoms. The van der Waals surface area contributed by atoms with Gasteiger partial charge in [0.05, 0.1) is 22.1 Å². The number of hydrogen-bond donors (Lipinski definition) is 0. The summed E-state index contributed by atoms with van der Waals surface area (Å²) in [5.41, 5.74) is 10.5. The Balaban J connectivity index is 1.05. The number of benzene rings is 9. The van der Waals surface area contributed by atoms with Crippen LogP contribution in [0.5, 0.6) is 0 Å². The summed E-state index contributed by atoms with van der Waals surface area (Å²) in [6.45, 7) is 0. The van der Waals surface area contributed by atoms with Crippen LogP contribution in [0.4, 0.5) is 17.1 Å². The van der Waals surface area contributed by atoms with Gasteiger partial charge in [0.2, 0.25) is 0 Å². The Kier molecular flexibility index (Phi) is 6.80. The minimum Gasteiger partial charge on any atom is -0.310 e. The Bertz CT molecular complexity index is 3480. The number of hydrogen-bond acceptors (Lipinski definition) is 2. The van der Waals surface area contributed by atoms with Crippen molar-refractivity contribution >= 4 is 103 Å². The van der Waals surface area contributed by atoms with Crippen LogP contribution in [0.3, 0.4) is 0 Å². The molecule has 3 heterocycles. The Morgan fingerprint density at radius 1 is 0.339 bits per heavy atom. The molecule has 9 aromatic carbocycles. The first-order valence-corrected chi connectivity index (χ1v) is 19.9. The van der Waals surface area contributed by atoms with E-state index in [1.165, 1.54) is 74.6 Å². The van der Waals surface area contributed by atoms with Crippen molar-refractivity contribution in [2.75, 3.05) is 4.90 Å². The van der Waals surface area contributed by atoms with Crippen LogP contribution in [0.1, 0.15) is 0 Å². The van der Waals surface area contributed by atoms with Gasteiger partial charge in [-0.25, -0.2) is 0 Å². The third-order valence-corrected chi connectivity index (χ3v) is 12.7. The average Bonchev–Trinajstić information content (AvgIpc) is 3.92. The highest BCUT2D eigenvalue weighted by Crippen LogP contribution is 2.44. The van der Waals surface area contributed by atoms with Crippen molar-refractivity contribution in [3.05, 3.63) is 200 Å². The van der Waals surface area contributed by atoms with Crippen LogP contribution in [0, 0.1) is 0 Å². The number of rotatable bonds is 5. The molecule has 0 unspecified atom stereocenters. The van der Waals surface area contributed by atoms with Gasteiger partial charge in [-0.3, -0.25) is 0 Å². The largest absolute Gasteiger partial charge is 0.310 e. The predicted molar refractivity (Wildman–Crippen MR) is 240 cm³/mol. The summed E-state index contributed by atoms with van der Waals surface area (Å²) < 4.78 is 7.49. The van der Waals surface area contributed by atoms with Crippen molar-refractivity contribution < 1.29 is 0 Å². The molecule has 0 aliphatic carbocycles. The second kappa shape index (κ2) is 12.2. The molecule has 0 N–H and O–H groups in total. The fourth-order valence-electron chi connectivity index (χ4n) is 8.98. The second-order valence-corrected chi connectivity index (χ2v) is 15.6. The molecule has 0 fully saturated rings. The van der Waals surface area contributed by atoms with Crippen LogP contribution in [0.2, 0.25) is 0 Å². The van der Waals surface area contributed by atoms with E-state index >= 15 is 0 Å². The molecule has 0 saturated heterocycles. The summed E-state index contributed by atoms with van der Waals surface area (Å²) in [4.78, 5) is 2.40. The fourth-order valence-corrected chi connectivity index (χ4v) is 10.2. The van der Waals surface area contributed by atoms with E-state index in [1.54, 1.807) is 0 Å². The van der Waals surface area contributed by atoms with Crippen LogP contribution in [-0.2, 0) is 0 Å². The van der Waals surface area contributed by atoms with Gasteiger partial charge < -0.3 is 14.0 Å². The molecule has 12 rings (SSSR count). The lowest BCUT2D eigenvalue weighted by molar-refractivity contribution is 1.17. The van der Waals surface area contributed by atoms with Gasteiger partial charge in [-0.15, -0.1) is 11.3 Å². The van der Waals surface area contributed by atoms with E-state index in [-0.39, 0.29) is 0 Å².